The SMILES string of the molecule is COCC1CN(C(=O)COc2ccc(Cl)cc2)CCN1c1ccc(C#N)c(C(F)(F)F)c1. The van der Waals surface area contributed by atoms with Gasteiger partial charge in [0.05, 0.1) is 29.8 Å². The van der Waals surface area contributed by atoms with Crippen LogP contribution in [0.3, 0.4) is 0 Å². The van der Waals surface area contributed by atoms with E-state index < -0.39 is 17.3 Å². The van der Waals surface area contributed by atoms with Gasteiger partial charge in [-0.05, 0) is 42.5 Å². The smallest absolute Gasteiger partial charge is 0.417 e. The van der Waals surface area contributed by atoms with E-state index in [0.29, 0.717) is 29.5 Å². The summed E-state index contributed by atoms with van der Waals surface area (Å²) >= 11 is 5.83. The average Bonchev–Trinajstić information content (AvgIpc) is 2.77. The van der Waals surface area contributed by atoms with Crippen LogP contribution in [-0.4, -0.2) is 56.8 Å². The third-order valence-electron chi connectivity index (χ3n) is 5.13. The molecule has 1 fully saturated rings. The number of hydrogen-bond donors (Lipinski definition) is 0. The molecule has 1 heterocycles. The van der Waals surface area contributed by atoms with E-state index in [1.54, 1.807) is 40.1 Å². The van der Waals surface area contributed by atoms with Gasteiger partial charge in [-0.15, -0.1) is 0 Å². The predicted molar refractivity (Wildman–Crippen MR) is 113 cm³/mol. The molecule has 3 rings (SSSR count). The lowest BCUT2D eigenvalue weighted by Crippen LogP contribution is -2.57. The lowest BCUT2D eigenvalue weighted by atomic mass is 10.0. The number of alkyl halides is 3. The van der Waals surface area contributed by atoms with Crippen molar-refractivity contribution in [1.82, 2.24) is 4.90 Å². The Kier molecular flexibility index (Phi) is 7.48. The van der Waals surface area contributed by atoms with E-state index in [1.807, 2.05) is 0 Å². The number of hydrogen-bond acceptors (Lipinski definition) is 5. The molecule has 0 bridgehead atoms. The van der Waals surface area contributed by atoms with E-state index in [0.717, 1.165) is 6.07 Å². The first kappa shape index (κ1) is 23.7. The summed E-state index contributed by atoms with van der Waals surface area (Å²) in [6.07, 6.45) is -4.64. The number of nitriles is 1. The van der Waals surface area contributed by atoms with Crippen molar-refractivity contribution in [2.75, 3.05) is 44.9 Å². The van der Waals surface area contributed by atoms with Crippen LogP contribution in [0.5, 0.6) is 5.75 Å². The second-order valence-corrected chi connectivity index (χ2v) is 7.66. The molecular formula is C22H21ClF3N3O3. The summed E-state index contributed by atoms with van der Waals surface area (Å²) in [6, 6.07) is 11.5. The van der Waals surface area contributed by atoms with Crippen LogP contribution < -0.4 is 9.64 Å². The molecule has 0 radical (unpaired) electrons. The van der Waals surface area contributed by atoms with E-state index in [-0.39, 0.29) is 31.7 Å². The number of carbonyl (C=O) groups is 1. The molecule has 1 aliphatic rings. The predicted octanol–water partition coefficient (Wildman–Crippen LogP) is 3.97. The first-order chi connectivity index (χ1) is 15.2. The number of anilines is 1. The number of ether oxygens (including phenoxy) is 2. The minimum Gasteiger partial charge on any atom is -0.484 e. The van der Waals surface area contributed by atoms with E-state index >= 15 is 0 Å². The number of methoxy groups -OCH3 is 1. The molecule has 10 heteroatoms. The Balaban J connectivity index is 1.71. The molecule has 1 unspecified atom stereocenters. The molecule has 1 amide bonds. The highest BCUT2D eigenvalue weighted by Crippen LogP contribution is 2.35. The highest BCUT2D eigenvalue weighted by Gasteiger charge is 2.36. The number of halogens is 4. The van der Waals surface area contributed by atoms with E-state index in [4.69, 9.17) is 26.3 Å². The van der Waals surface area contributed by atoms with Crippen molar-refractivity contribution in [3.63, 3.8) is 0 Å². The van der Waals surface area contributed by atoms with Crippen LogP contribution in [0.15, 0.2) is 42.5 Å². The summed E-state index contributed by atoms with van der Waals surface area (Å²) in [7, 11) is 1.49. The number of benzene rings is 2. The fraction of sp³-hybridized carbons (Fsp3) is 0.364. The normalized spacial score (nSPS) is 16.6. The number of piperazine rings is 1. The van der Waals surface area contributed by atoms with Gasteiger partial charge in [0.15, 0.2) is 6.61 Å². The summed E-state index contributed by atoms with van der Waals surface area (Å²) < 4.78 is 50.9. The number of rotatable bonds is 6. The van der Waals surface area contributed by atoms with Gasteiger partial charge in [0.2, 0.25) is 0 Å². The highest BCUT2D eigenvalue weighted by atomic mass is 35.5. The standard InChI is InChI=1S/C22H21ClF3N3O3/c1-31-13-18-12-28(21(30)14-32-19-6-3-16(23)4-7-19)8-9-29(18)17-5-2-15(11-27)20(10-17)22(24,25)26/h2-7,10,18H,8-9,12-14H2,1H3. The molecule has 6 nitrogen and oxygen atoms in total. The van der Waals surface area contributed by atoms with Crippen molar-refractivity contribution < 1.29 is 27.4 Å². The molecule has 0 aliphatic carbocycles. The fourth-order valence-corrected chi connectivity index (χ4v) is 3.69. The van der Waals surface area contributed by atoms with Crippen molar-refractivity contribution in [3.05, 3.63) is 58.6 Å². The number of amides is 1. The molecule has 1 aliphatic heterocycles. The van der Waals surface area contributed by atoms with Crippen molar-refractivity contribution in [3.8, 4) is 11.8 Å². The monoisotopic (exact) mass is 467 g/mol. The Hall–Kier alpha value is -2.96. The van der Waals surface area contributed by atoms with Gasteiger partial charge in [-0.25, -0.2) is 0 Å². The quantitative estimate of drug-likeness (QED) is 0.643. The highest BCUT2D eigenvalue weighted by molar-refractivity contribution is 6.30. The van der Waals surface area contributed by atoms with Crippen molar-refractivity contribution >= 4 is 23.2 Å². The van der Waals surface area contributed by atoms with Gasteiger partial charge in [-0.2, -0.15) is 18.4 Å². The Labute approximate surface area is 188 Å². The largest absolute Gasteiger partial charge is 0.484 e. The maximum Gasteiger partial charge on any atom is 0.417 e. The van der Waals surface area contributed by atoms with E-state index in [9.17, 15) is 18.0 Å². The molecule has 0 spiro atoms. The van der Waals surface area contributed by atoms with Crippen LogP contribution in [0.25, 0.3) is 0 Å². The summed E-state index contributed by atoms with van der Waals surface area (Å²) in [5.41, 5.74) is -1.09. The van der Waals surface area contributed by atoms with Gasteiger partial charge >= 0.3 is 6.18 Å². The maximum atomic E-state index is 13.4. The first-order valence-electron chi connectivity index (χ1n) is 9.76. The zero-order chi connectivity index (χ0) is 23.3. The van der Waals surface area contributed by atoms with Crippen LogP contribution >= 0.6 is 11.6 Å². The molecule has 32 heavy (non-hydrogen) atoms. The van der Waals surface area contributed by atoms with Gasteiger partial charge < -0.3 is 19.3 Å². The van der Waals surface area contributed by atoms with Crippen LogP contribution in [0.1, 0.15) is 11.1 Å². The Morgan fingerprint density at radius 3 is 2.56 bits per heavy atom. The average molecular weight is 468 g/mol. The Bertz CT molecular complexity index is 993. The first-order valence-corrected chi connectivity index (χ1v) is 10.1. The molecule has 0 aromatic heterocycles. The van der Waals surface area contributed by atoms with Gasteiger partial charge in [0.25, 0.3) is 5.91 Å². The lowest BCUT2D eigenvalue weighted by Gasteiger charge is -2.42. The van der Waals surface area contributed by atoms with Gasteiger partial charge in [-0.1, -0.05) is 11.6 Å². The van der Waals surface area contributed by atoms with Crippen LogP contribution in [0, 0.1) is 11.3 Å². The second-order valence-electron chi connectivity index (χ2n) is 7.22. The lowest BCUT2D eigenvalue weighted by molar-refractivity contribution is -0.137. The molecule has 1 saturated heterocycles. The van der Waals surface area contributed by atoms with E-state index in [1.165, 1.54) is 19.2 Å². The van der Waals surface area contributed by atoms with Crippen LogP contribution in [-0.2, 0) is 15.7 Å². The maximum absolute atomic E-state index is 13.4. The number of nitrogens with zero attached hydrogens (tertiary/aromatic N) is 3. The van der Waals surface area contributed by atoms with Gasteiger partial charge in [0, 0.05) is 37.5 Å². The zero-order valence-corrected chi connectivity index (χ0v) is 18.0. The Morgan fingerprint density at radius 2 is 1.94 bits per heavy atom. The van der Waals surface area contributed by atoms with Gasteiger partial charge in [0.1, 0.15) is 5.75 Å². The molecule has 0 saturated carbocycles. The van der Waals surface area contributed by atoms with Crippen LogP contribution in [0.2, 0.25) is 5.02 Å². The summed E-state index contributed by atoms with van der Waals surface area (Å²) in [5.74, 6) is 0.267. The zero-order valence-electron chi connectivity index (χ0n) is 17.2. The van der Waals surface area contributed by atoms with Crippen LogP contribution in [0.4, 0.5) is 18.9 Å². The summed E-state index contributed by atoms with van der Waals surface area (Å²) in [4.78, 5) is 16.0. The van der Waals surface area contributed by atoms with Crippen molar-refractivity contribution in [2.24, 2.45) is 0 Å². The summed E-state index contributed by atoms with van der Waals surface area (Å²) in [5, 5.41) is 9.57. The molecule has 1 atom stereocenters. The molecule has 170 valence electrons. The van der Waals surface area contributed by atoms with Crippen molar-refractivity contribution in [2.45, 2.75) is 12.2 Å². The van der Waals surface area contributed by atoms with Crippen molar-refractivity contribution in [1.29, 1.82) is 5.26 Å². The van der Waals surface area contributed by atoms with E-state index in [2.05, 4.69) is 0 Å². The molecular weight excluding hydrogens is 447 g/mol. The number of carbonyl (C=O) groups excluding carboxylic acids is 1. The Morgan fingerprint density at radius 1 is 1.22 bits per heavy atom. The molecule has 0 N–H and O–H groups in total. The second kappa shape index (κ2) is 10.1. The summed E-state index contributed by atoms with van der Waals surface area (Å²) in [6.45, 7) is 0.923. The fourth-order valence-electron chi connectivity index (χ4n) is 3.57. The third-order valence-corrected chi connectivity index (χ3v) is 5.38. The minimum atomic E-state index is -4.64. The molecule has 2 aromatic carbocycles. The molecule has 2 aromatic rings. The third kappa shape index (κ3) is 5.64. The van der Waals surface area contributed by atoms with Gasteiger partial charge in [-0.3, -0.25) is 4.79 Å². The topological polar surface area (TPSA) is 65.8 Å². The minimum absolute atomic E-state index is 0.170.